The van der Waals surface area contributed by atoms with Gasteiger partial charge in [-0.05, 0) is 48.4 Å². The molecule has 1 unspecified atom stereocenters. The summed E-state index contributed by atoms with van der Waals surface area (Å²) in [6.45, 7) is 2.20. The molecular formula is C15H20BrNO2. The summed E-state index contributed by atoms with van der Waals surface area (Å²) >= 11 is 3.49. The summed E-state index contributed by atoms with van der Waals surface area (Å²) in [4.78, 5) is 0. The Morgan fingerprint density at radius 1 is 1.42 bits per heavy atom. The zero-order valence-corrected chi connectivity index (χ0v) is 12.6. The molecule has 1 aromatic rings. The largest absolute Gasteiger partial charge is 0.488 e. The van der Waals surface area contributed by atoms with Crippen LogP contribution in [0.25, 0.3) is 0 Å². The van der Waals surface area contributed by atoms with Gasteiger partial charge in [0.25, 0.3) is 0 Å². The molecule has 1 saturated carbocycles. The molecule has 4 heteroatoms. The van der Waals surface area contributed by atoms with Crippen LogP contribution in [0.1, 0.15) is 24.8 Å². The zero-order chi connectivity index (χ0) is 13.3. The molecule has 1 fully saturated rings. The van der Waals surface area contributed by atoms with Crippen LogP contribution in [0.15, 0.2) is 22.7 Å². The third kappa shape index (κ3) is 3.12. The summed E-state index contributed by atoms with van der Waals surface area (Å²) in [5.41, 5.74) is 1.67. The van der Waals surface area contributed by atoms with E-state index in [0.717, 1.165) is 36.2 Å². The Hall–Kier alpha value is -0.580. The smallest absolute Gasteiger partial charge is 0.123 e. The summed E-state index contributed by atoms with van der Waals surface area (Å²) in [5, 5.41) is 12.6. The topological polar surface area (TPSA) is 41.5 Å². The molecule has 19 heavy (non-hydrogen) atoms. The van der Waals surface area contributed by atoms with Crippen molar-refractivity contribution in [3.63, 3.8) is 0 Å². The number of rotatable bonds is 6. The maximum atomic E-state index is 9.04. The molecular weight excluding hydrogens is 306 g/mol. The van der Waals surface area contributed by atoms with Crippen molar-refractivity contribution in [2.75, 3.05) is 19.7 Å². The normalized spacial score (nSPS) is 22.9. The fourth-order valence-corrected chi connectivity index (χ4v) is 3.24. The molecule has 1 aliphatic heterocycles. The van der Waals surface area contributed by atoms with Crippen LogP contribution >= 0.6 is 15.9 Å². The predicted octanol–water partition coefficient (Wildman–Crippen LogP) is 2.50. The zero-order valence-electron chi connectivity index (χ0n) is 11.0. The molecule has 0 bridgehead atoms. The van der Waals surface area contributed by atoms with Crippen molar-refractivity contribution >= 4 is 15.9 Å². The first-order valence-electron chi connectivity index (χ1n) is 6.97. The Kier molecular flexibility index (Phi) is 3.83. The van der Waals surface area contributed by atoms with Crippen molar-refractivity contribution < 1.29 is 9.84 Å². The van der Waals surface area contributed by atoms with Crippen LogP contribution in [0.5, 0.6) is 5.75 Å². The molecule has 3 rings (SSSR count). The maximum Gasteiger partial charge on any atom is 0.123 e. The maximum absolute atomic E-state index is 9.04. The average Bonchev–Trinajstić information content (AvgIpc) is 3.01. The first-order valence-corrected chi connectivity index (χ1v) is 7.77. The number of aliphatic hydroxyl groups is 1. The quantitative estimate of drug-likeness (QED) is 0.844. The minimum atomic E-state index is 0.245. The van der Waals surface area contributed by atoms with Gasteiger partial charge in [0, 0.05) is 30.6 Å². The standard InChI is InChI=1S/C15H20BrNO2/c16-12-1-2-14-11(7-12)8-13(19-14)9-17-10-15(3-4-15)5-6-18/h1-2,7,13,17-18H,3-6,8-10H2. The van der Waals surface area contributed by atoms with E-state index in [1.807, 2.05) is 12.1 Å². The Morgan fingerprint density at radius 3 is 3.00 bits per heavy atom. The van der Waals surface area contributed by atoms with Crippen molar-refractivity contribution in [2.45, 2.75) is 31.8 Å². The van der Waals surface area contributed by atoms with Gasteiger partial charge in [-0.15, -0.1) is 0 Å². The van der Waals surface area contributed by atoms with Crippen LogP contribution in [-0.2, 0) is 6.42 Å². The fraction of sp³-hybridized carbons (Fsp3) is 0.600. The Bertz CT molecular complexity index is 459. The minimum absolute atomic E-state index is 0.245. The molecule has 0 saturated heterocycles. The molecule has 2 aliphatic rings. The van der Waals surface area contributed by atoms with Crippen molar-refractivity contribution in [3.05, 3.63) is 28.2 Å². The molecule has 0 amide bonds. The number of aliphatic hydroxyl groups excluding tert-OH is 1. The van der Waals surface area contributed by atoms with E-state index in [1.54, 1.807) is 0 Å². The van der Waals surface area contributed by atoms with Gasteiger partial charge in [0.2, 0.25) is 0 Å². The highest BCUT2D eigenvalue weighted by atomic mass is 79.9. The van der Waals surface area contributed by atoms with Crippen molar-refractivity contribution in [1.29, 1.82) is 0 Å². The number of benzene rings is 1. The fourth-order valence-electron chi connectivity index (χ4n) is 2.83. The van der Waals surface area contributed by atoms with Gasteiger partial charge >= 0.3 is 0 Å². The van der Waals surface area contributed by atoms with Gasteiger partial charge in [-0.3, -0.25) is 0 Å². The number of hydrogen-bond donors (Lipinski definition) is 2. The second-order valence-corrected chi connectivity index (χ2v) is 6.72. The molecule has 3 nitrogen and oxygen atoms in total. The monoisotopic (exact) mass is 325 g/mol. The third-order valence-electron chi connectivity index (χ3n) is 4.24. The lowest BCUT2D eigenvalue weighted by Gasteiger charge is -2.17. The molecule has 1 atom stereocenters. The summed E-state index contributed by atoms with van der Waals surface area (Å²) in [6, 6.07) is 6.20. The molecule has 1 heterocycles. The van der Waals surface area contributed by atoms with E-state index in [4.69, 9.17) is 9.84 Å². The van der Waals surface area contributed by atoms with Crippen LogP contribution in [0, 0.1) is 5.41 Å². The molecule has 1 aromatic carbocycles. The van der Waals surface area contributed by atoms with Crippen LogP contribution in [0.2, 0.25) is 0 Å². The number of hydrogen-bond acceptors (Lipinski definition) is 3. The Morgan fingerprint density at radius 2 is 2.26 bits per heavy atom. The van der Waals surface area contributed by atoms with Gasteiger partial charge in [0.1, 0.15) is 11.9 Å². The Labute approximate surface area is 122 Å². The van der Waals surface area contributed by atoms with E-state index in [1.165, 1.54) is 18.4 Å². The average molecular weight is 326 g/mol. The lowest BCUT2D eigenvalue weighted by Crippen LogP contribution is -2.34. The first-order chi connectivity index (χ1) is 9.21. The lowest BCUT2D eigenvalue weighted by molar-refractivity contribution is 0.214. The van der Waals surface area contributed by atoms with Crippen molar-refractivity contribution in [1.82, 2.24) is 5.32 Å². The van der Waals surface area contributed by atoms with Crippen molar-refractivity contribution in [3.8, 4) is 5.75 Å². The molecule has 0 radical (unpaired) electrons. The SMILES string of the molecule is OCCC1(CNCC2Cc3cc(Br)ccc3O2)CC1. The minimum Gasteiger partial charge on any atom is -0.488 e. The predicted molar refractivity (Wildman–Crippen MR) is 78.5 cm³/mol. The number of ether oxygens (including phenoxy) is 1. The van der Waals surface area contributed by atoms with E-state index in [9.17, 15) is 0 Å². The van der Waals surface area contributed by atoms with Gasteiger partial charge in [-0.25, -0.2) is 0 Å². The molecule has 1 aliphatic carbocycles. The summed E-state index contributed by atoms with van der Waals surface area (Å²) in [5.74, 6) is 1.02. The first kappa shape index (κ1) is 13.4. The highest BCUT2D eigenvalue weighted by Crippen LogP contribution is 2.47. The van der Waals surface area contributed by atoms with E-state index >= 15 is 0 Å². The van der Waals surface area contributed by atoms with E-state index < -0.39 is 0 Å². The number of halogens is 1. The molecule has 2 N–H and O–H groups in total. The Balaban J connectivity index is 1.46. The van der Waals surface area contributed by atoms with E-state index in [-0.39, 0.29) is 6.10 Å². The van der Waals surface area contributed by atoms with Crippen LogP contribution in [0.3, 0.4) is 0 Å². The van der Waals surface area contributed by atoms with Crippen molar-refractivity contribution in [2.24, 2.45) is 5.41 Å². The van der Waals surface area contributed by atoms with Crippen LogP contribution in [-0.4, -0.2) is 30.9 Å². The summed E-state index contributed by atoms with van der Waals surface area (Å²) in [7, 11) is 0. The van der Waals surface area contributed by atoms with Crippen LogP contribution < -0.4 is 10.1 Å². The third-order valence-corrected chi connectivity index (χ3v) is 4.73. The van der Waals surface area contributed by atoms with Crippen LogP contribution in [0.4, 0.5) is 0 Å². The van der Waals surface area contributed by atoms with E-state index in [0.29, 0.717) is 12.0 Å². The highest BCUT2D eigenvalue weighted by molar-refractivity contribution is 9.10. The van der Waals surface area contributed by atoms with Gasteiger partial charge in [-0.1, -0.05) is 15.9 Å². The highest BCUT2D eigenvalue weighted by Gasteiger charge is 2.41. The van der Waals surface area contributed by atoms with Gasteiger partial charge in [0.15, 0.2) is 0 Å². The van der Waals surface area contributed by atoms with E-state index in [2.05, 4.69) is 27.3 Å². The second kappa shape index (κ2) is 5.43. The molecule has 0 spiro atoms. The number of fused-ring (bicyclic) bond motifs is 1. The summed E-state index contributed by atoms with van der Waals surface area (Å²) in [6.07, 6.45) is 4.65. The summed E-state index contributed by atoms with van der Waals surface area (Å²) < 4.78 is 7.04. The molecule has 0 aromatic heterocycles. The second-order valence-electron chi connectivity index (χ2n) is 5.80. The molecule has 104 valence electrons. The number of nitrogens with one attached hydrogen (secondary N) is 1. The lowest BCUT2D eigenvalue weighted by atomic mass is 10.0. The van der Waals surface area contributed by atoms with Gasteiger partial charge in [-0.2, -0.15) is 0 Å². The van der Waals surface area contributed by atoms with Gasteiger partial charge < -0.3 is 15.2 Å². The van der Waals surface area contributed by atoms with Gasteiger partial charge in [0.05, 0.1) is 0 Å².